The van der Waals surface area contributed by atoms with Crippen LogP contribution >= 0.6 is 11.8 Å². The lowest BCUT2D eigenvalue weighted by molar-refractivity contribution is -0.115. The van der Waals surface area contributed by atoms with Gasteiger partial charge in [-0.1, -0.05) is 31.0 Å². The van der Waals surface area contributed by atoms with Crippen molar-refractivity contribution in [3.63, 3.8) is 0 Å². The van der Waals surface area contributed by atoms with Crippen LogP contribution in [0.5, 0.6) is 0 Å². The molecule has 0 spiro atoms. The number of rotatable bonds is 8. The van der Waals surface area contributed by atoms with Gasteiger partial charge < -0.3 is 5.32 Å². The highest BCUT2D eigenvalue weighted by atomic mass is 32.2. The Labute approximate surface area is 160 Å². The van der Waals surface area contributed by atoms with Gasteiger partial charge in [0.05, 0.1) is 5.56 Å². The van der Waals surface area contributed by atoms with Crippen LogP contribution in [0.2, 0.25) is 0 Å². The minimum absolute atomic E-state index is 0.0231. The summed E-state index contributed by atoms with van der Waals surface area (Å²) in [5, 5.41) is 12.9. The number of amides is 1. The normalized spacial score (nSPS) is 10.4. The Kier molecular flexibility index (Phi) is 7.68. The molecule has 0 saturated carbocycles. The molecule has 0 aliphatic rings. The number of aromatic nitrogens is 1. The number of unbranched alkanes of at least 4 members (excludes halogenated alkanes) is 1. The number of benzene rings is 1. The lowest BCUT2D eigenvalue weighted by Gasteiger charge is -2.09. The Morgan fingerprint density at radius 3 is 2.77 bits per heavy atom. The summed E-state index contributed by atoms with van der Waals surface area (Å²) in [7, 11) is 0. The molecule has 1 amide bonds. The summed E-state index contributed by atoms with van der Waals surface area (Å²) in [4.78, 5) is 16.8. The third-order valence-corrected chi connectivity index (χ3v) is 5.04. The second-order valence-corrected chi connectivity index (χ2v) is 7.42. The van der Waals surface area contributed by atoms with Crippen LogP contribution in [0.4, 0.5) is 5.69 Å². The zero-order valence-corrected chi connectivity index (χ0v) is 16.4. The fourth-order valence-electron chi connectivity index (χ4n) is 2.58. The van der Waals surface area contributed by atoms with Crippen molar-refractivity contribution in [2.24, 2.45) is 0 Å². The Morgan fingerprint density at radius 2 is 2.08 bits per heavy atom. The summed E-state index contributed by atoms with van der Waals surface area (Å²) in [6.45, 7) is 6.17. The number of carbonyl (C=O) groups is 1. The monoisotopic (exact) mass is 367 g/mol. The predicted octanol–water partition coefficient (Wildman–Crippen LogP) is 5.03. The van der Waals surface area contributed by atoms with Gasteiger partial charge in [-0.15, -0.1) is 11.8 Å². The van der Waals surface area contributed by atoms with Crippen molar-refractivity contribution < 1.29 is 4.79 Å². The molecule has 0 bridgehead atoms. The maximum Gasteiger partial charge on any atom is 0.225 e. The molecular weight excluding hydrogens is 342 g/mol. The largest absolute Gasteiger partial charge is 0.326 e. The van der Waals surface area contributed by atoms with Crippen LogP contribution in [0.25, 0.3) is 0 Å². The van der Waals surface area contributed by atoms with Gasteiger partial charge in [0.25, 0.3) is 0 Å². The van der Waals surface area contributed by atoms with Gasteiger partial charge in [0, 0.05) is 23.6 Å². The molecule has 1 aromatic carbocycles. The first-order chi connectivity index (χ1) is 12.5. The number of aryl methyl sites for hydroxylation is 3. The van der Waals surface area contributed by atoms with Gasteiger partial charge in [0.1, 0.15) is 11.1 Å². The molecule has 5 heteroatoms. The summed E-state index contributed by atoms with van der Waals surface area (Å²) < 4.78 is 0. The van der Waals surface area contributed by atoms with E-state index < -0.39 is 0 Å². The lowest BCUT2D eigenvalue weighted by Crippen LogP contribution is -2.13. The maximum absolute atomic E-state index is 12.2. The first kappa shape index (κ1) is 20.0. The molecule has 0 atom stereocenters. The van der Waals surface area contributed by atoms with Crippen LogP contribution in [0.15, 0.2) is 35.4 Å². The van der Waals surface area contributed by atoms with Crippen molar-refractivity contribution >= 4 is 23.4 Å². The van der Waals surface area contributed by atoms with Gasteiger partial charge in [-0.05, 0) is 50.5 Å². The fourth-order valence-corrected chi connectivity index (χ4v) is 3.51. The van der Waals surface area contributed by atoms with E-state index in [0.717, 1.165) is 41.2 Å². The average Bonchev–Trinajstić information content (AvgIpc) is 2.62. The average molecular weight is 368 g/mol. The summed E-state index contributed by atoms with van der Waals surface area (Å²) in [6, 6.07) is 11.9. The molecular formula is C21H25N3OS. The van der Waals surface area contributed by atoms with Crippen molar-refractivity contribution in [1.82, 2.24) is 4.98 Å². The minimum Gasteiger partial charge on any atom is -0.326 e. The number of nitrogens with one attached hydrogen (secondary N) is 1. The number of pyridine rings is 1. The number of nitriles is 1. The molecule has 0 aliphatic carbocycles. The van der Waals surface area contributed by atoms with E-state index in [-0.39, 0.29) is 5.91 Å². The highest BCUT2D eigenvalue weighted by Crippen LogP contribution is 2.22. The van der Waals surface area contributed by atoms with E-state index >= 15 is 0 Å². The second kappa shape index (κ2) is 9.98. The van der Waals surface area contributed by atoms with Gasteiger partial charge in [-0.2, -0.15) is 5.26 Å². The molecule has 2 rings (SSSR count). The van der Waals surface area contributed by atoms with Gasteiger partial charge >= 0.3 is 0 Å². The van der Waals surface area contributed by atoms with Gasteiger partial charge in [0.15, 0.2) is 0 Å². The number of nitrogens with zero attached hydrogens (tertiary/aromatic N) is 2. The van der Waals surface area contributed by atoms with Gasteiger partial charge in [0.2, 0.25) is 5.91 Å². The minimum atomic E-state index is -0.0231. The molecule has 0 aliphatic heterocycles. The van der Waals surface area contributed by atoms with Gasteiger partial charge in [-0.3, -0.25) is 4.79 Å². The van der Waals surface area contributed by atoms with E-state index in [1.54, 1.807) is 0 Å². The summed E-state index contributed by atoms with van der Waals surface area (Å²) in [5.41, 5.74) is 4.67. The van der Waals surface area contributed by atoms with Crippen molar-refractivity contribution in [2.45, 2.75) is 51.5 Å². The maximum atomic E-state index is 12.2. The quantitative estimate of drug-likeness (QED) is 0.664. The molecule has 4 nitrogen and oxygen atoms in total. The molecule has 0 fully saturated rings. The Hall–Kier alpha value is -2.32. The molecule has 1 N–H and O–H groups in total. The molecule has 1 aromatic heterocycles. The summed E-state index contributed by atoms with van der Waals surface area (Å²) in [5.74, 6) is 0.570. The Bertz CT molecular complexity index is 811. The van der Waals surface area contributed by atoms with Crippen LogP contribution in [0.1, 0.15) is 48.6 Å². The first-order valence-corrected chi connectivity index (χ1v) is 9.92. The zero-order chi connectivity index (χ0) is 18.9. The highest BCUT2D eigenvalue weighted by molar-refractivity contribution is 7.99. The first-order valence-electron chi connectivity index (χ1n) is 8.93. The third kappa shape index (κ3) is 5.89. The van der Waals surface area contributed by atoms with E-state index in [9.17, 15) is 10.1 Å². The van der Waals surface area contributed by atoms with Crippen molar-refractivity contribution in [3.05, 3.63) is 52.7 Å². The molecule has 2 aromatic rings. The molecule has 26 heavy (non-hydrogen) atoms. The van der Waals surface area contributed by atoms with Crippen LogP contribution in [0, 0.1) is 25.2 Å². The van der Waals surface area contributed by atoms with Crippen molar-refractivity contribution in [1.29, 1.82) is 5.26 Å². The van der Waals surface area contributed by atoms with E-state index in [1.165, 1.54) is 17.3 Å². The molecule has 136 valence electrons. The Balaban J connectivity index is 1.92. The van der Waals surface area contributed by atoms with E-state index in [0.29, 0.717) is 17.7 Å². The fraction of sp³-hybridized carbons (Fsp3) is 0.381. The summed E-state index contributed by atoms with van der Waals surface area (Å²) >= 11 is 1.47. The second-order valence-electron chi connectivity index (χ2n) is 6.34. The van der Waals surface area contributed by atoms with Crippen molar-refractivity contribution in [3.8, 4) is 6.07 Å². The lowest BCUT2D eigenvalue weighted by atomic mass is 10.1. The van der Waals surface area contributed by atoms with Gasteiger partial charge in [-0.25, -0.2) is 4.98 Å². The smallest absolute Gasteiger partial charge is 0.225 e. The van der Waals surface area contributed by atoms with E-state index in [4.69, 9.17) is 0 Å². The third-order valence-electron chi connectivity index (χ3n) is 4.05. The number of carbonyl (C=O) groups excluding carboxylic acids is 1. The SMILES string of the molecule is CCCCc1ccc(C#N)c(SCCC(=O)Nc2ccc(C)cc2C)n1. The topological polar surface area (TPSA) is 65.8 Å². The molecule has 0 saturated heterocycles. The van der Waals surface area contributed by atoms with Crippen LogP contribution in [0.3, 0.4) is 0 Å². The van der Waals surface area contributed by atoms with E-state index in [2.05, 4.69) is 29.4 Å². The van der Waals surface area contributed by atoms with Crippen LogP contribution in [-0.2, 0) is 11.2 Å². The zero-order valence-electron chi connectivity index (χ0n) is 15.6. The van der Waals surface area contributed by atoms with E-state index in [1.807, 2.05) is 38.1 Å². The standard InChI is InChI=1S/C21H25N3OS/c1-4-5-6-18-9-8-17(14-22)21(23-18)26-12-11-20(25)24-19-10-7-15(2)13-16(19)3/h7-10,13H,4-6,11-12H2,1-3H3,(H,24,25). The number of anilines is 1. The number of hydrogen-bond acceptors (Lipinski definition) is 4. The molecule has 0 radical (unpaired) electrons. The number of thioether (sulfide) groups is 1. The Morgan fingerprint density at radius 1 is 1.27 bits per heavy atom. The van der Waals surface area contributed by atoms with Crippen LogP contribution < -0.4 is 5.32 Å². The molecule has 1 heterocycles. The predicted molar refractivity (Wildman–Crippen MR) is 107 cm³/mol. The highest BCUT2D eigenvalue weighted by Gasteiger charge is 2.09. The van der Waals surface area contributed by atoms with Crippen LogP contribution in [-0.4, -0.2) is 16.6 Å². The molecule has 0 unspecified atom stereocenters. The number of hydrogen-bond donors (Lipinski definition) is 1. The summed E-state index contributed by atoms with van der Waals surface area (Å²) in [6.07, 6.45) is 3.50. The van der Waals surface area contributed by atoms with Crippen molar-refractivity contribution in [2.75, 3.05) is 11.1 Å².